The lowest BCUT2D eigenvalue weighted by atomic mass is 10.2. The fourth-order valence-electron chi connectivity index (χ4n) is 1.51. The monoisotopic (exact) mass is 258 g/mol. The van der Waals surface area contributed by atoms with Gasteiger partial charge in [0.15, 0.2) is 0 Å². The Morgan fingerprint density at radius 2 is 1.84 bits per heavy atom. The lowest BCUT2D eigenvalue weighted by molar-refractivity contribution is -0.384. The van der Waals surface area contributed by atoms with Gasteiger partial charge in [-0.25, -0.2) is 0 Å². The Kier molecular flexibility index (Phi) is 3.42. The Bertz CT molecular complexity index is 623. The summed E-state index contributed by atoms with van der Waals surface area (Å²) in [6.07, 6.45) is 0. The molecule has 0 atom stereocenters. The Morgan fingerprint density at radius 3 is 2.47 bits per heavy atom. The number of nitro benzene ring substituents is 1. The minimum absolute atomic E-state index is 0.0619. The van der Waals surface area contributed by atoms with E-state index in [1.807, 2.05) is 0 Å². The fraction of sp³-hybridized carbons (Fsp3) is 0. The maximum Gasteiger partial charge on any atom is 0.271 e. The molecule has 0 bridgehead atoms. The Balaban J connectivity index is 2.17. The van der Waals surface area contributed by atoms with Gasteiger partial charge in [-0.05, 0) is 30.3 Å². The van der Waals surface area contributed by atoms with Gasteiger partial charge >= 0.3 is 0 Å². The number of carbonyl (C=O) groups excluding carboxylic acids is 1. The third-order valence-electron chi connectivity index (χ3n) is 2.44. The molecule has 0 spiro atoms. The van der Waals surface area contributed by atoms with Crippen LogP contribution in [0.3, 0.4) is 0 Å². The van der Waals surface area contributed by atoms with E-state index in [4.69, 9.17) is 5.11 Å². The molecule has 6 nitrogen and oxygen atoms in total. The van der Waals surface area contributed by atoms with Gasteiger partial charge in [0, 0.05) is 23.4 Å². The molecule has 19 heavy (non-hydrogen) atoms. The number of nitro groups is 1. The van der Waals surface area contributed by atoms with E-state index in [0.29, 0.717) is 11.3 Å². The molecule has 0 aliphatic carbocycles. The second kappa shape index (κ2) is 5.18. The van der Waals surface area contributed by atoms with Crippen LogP contribution >= 0.6 is 0 Å². The lowest BCUT2D eigenvalue weighted by Crippen LogP contribution is -2.11. The number of hydrogen-bond acceptors (Lipinski definition) is 4. The highest BCUT2D eigenvalue weighted by atomic mass is 16.6. The zero-order valence-corrected chi connectivity index (χ0v) is 9.74. The van der Waals surface area contributed by atoms with Crippen LogP contribution in [0.15, 0.2) is 48.5 Å². The Labute approximate surface area is 108 Å². The number of phenols is 1. The normalized spacial score (nSPS) is 9.89. The summed E-state index contributed by atoms with van der Waals surface area (Å²) in [6, 6.07) is 11.4. The highest BCUT2D eigenvalue weighted by molar-refractivity contribution is 6.04. The summed E-state index contributed by atoms with van der Waals surface area (Å²) in [5.74, 6) is -0.340. The van der Waals surface area contributed by atoms with Crippen LogP contribution in [0, 0.1) is 10.1 Å². The van der Waals surface area contributed by atoms with Gasteiger partial charge in [0.2, 0.25) is 0 Å². The molecule has 2 aromatic carbocycles. The van der Waals surface area contributed by atoms with Gasteiger partial charge in [0.25, 0.3) is 11.6 Å². The van der Waals surface area contributed by atoms with Crippen LogP contribution in [-0.2, 0) is 0 Å². The predicted octanol–water partition coefficient (Wildman–Crippen LogP) is 2.55. The van der Waals surface area contributed by atoms with E-state index in [1.54, 1.807) is 6.07 Å². The van der Waals surface area contributed by atoms with Crippen LogP contribution < -0.4 is 5.32 Å². The SMILES string of the molecule is O=C(Nc1cccc([N+](=O)[O-])c1)c1ccc(O)cc1. The molecule has 0 aliphatic heterocycles. The van der Waals surface area contributed by atoms with Crippen LogP contribution in [0.2, 0.25) is 0 Å². The third kappa shape index (κ3) is 3.06. The number of benzene rings is 2. The number of nitrogens with one attached hydrogen (secondary N) is 1. The van der Waals surface area contributed by atoms with Crippen molar-refractivity contribution in [2.75, 3.05) is 5.32 Å². The summed E-state index contributed by atoms with van der Waals surface area (Å²) in [5, 5.41) is 22.3. The van der Waals surface area contributed by atoms with E-state index in [1.165, 1.54) is 42.5 Å². The Morgan fingerprint density at radius 1 is 1.16 bits per heavy atom. The maximum atomic E-state index is 11.8. The van der Waals surface area contributed by atoms with E-state index in [-0.39, 0.29) is 11.4 Å². The van der Waals surface area contributed by atoms with Crippen LogP contribution in [-0.4, -0.2) is 15.9 Å². The van der Waals surface area contributed by atoms with Gasteiger partial charge in [-0.2, -0.15) is 0 Å². The van der Waals surface area contributed by atoms with Crippen LogP contribution in [0.4, 0.5) is 11.4 Å². The zero-order valence-electron chi connectivity index (χ0n) is 9.74. The van der Waals surface area contributed by atoms with Crippen LogP contribution in [0.25, 0.3) is 0 Å². The number of phenolic OH excluding ortho intramolecular Hbond substituents is 1. The first kappa shape index (κ1) is 12.6. The van der Waals surface area contributed by atoms with Gasteiger partial charge in [-0.1, -0.05) is 6.07 Å². The molecular formula is C13H10N2O4. The first-order chi connectivity index (χ1) is 9.06. The fourth-order valence-corrected chi connectivity index (χ4v) is 1.51. The predicted molar refractivity (Wildman–Crippen MR) is 69.2 cm³/mol. The summed E-state index contributed by atoms with van der Waals surface area (Å²) in [4.78, 5) is 21.9. The average Bonchev–Trinajstić information content (AvgIpc) is 2.39. The number of non-ortho nitro benzene ring substituents is 1. The largest absolute Gasteiger partial charge is 0.508 e. The van der Waals surface area contributed by atoms with Gasteiger partial charge in [0.1, 0.15) is 5.75 Å². The van der Waals surface area contributed by atoms with Crippen molar-refractivity contribution < 1.29 is 14.8 Å². The average molecular weight is 258 g/mol. The second-order valence-electron chi connectivity index (χ2n) is 3.81. The smallest absolute Gasteiger partial charge is 0.271 e. The molecule has 0 saturated heterocycles. The number of hydrogen-bond donors (Lipinski definition) is 2. The summed E-state index contributed by atoms with van der Waals surface area (Å²) in [7, 11) is 0. The van der Waals surface area contributed by atoms with Crippen LogP contribution in [0.5, 0.6) is 5.75 Å². The van der Waals surface area contributed by atoms with Crippen molar-refractivity contribution in [1.82, 2.24) is 0 Å². The molecule has 2 rings (SSSR count). The van der Waals surface area contributed by atoms with Crippen molar-refractivity contribution in [1.29, 1.82) is 0 Å². The van der Waals surface area contributed by atoms with Gasteiger partial charge < -0.3 is 10.4 Å². The summed E-state index contributed by atoms with van der Waals surface area (Å²) in [5.41, 5.74) is 0.597. The third-order valence-corrected chi connectivity index (χ3v) is 2.44. The number of amides is 1. The molecule has 0 fully saturated rings. The standard InChI is InChI=1S/C13H10N2O4/c16-12-6-4-9(5-7-12)13(17)14-10-2-1-3-11(8-10)15(18)19/h1-8,16H,(H,14,17). The molecular weight excluding hydrogens is 248 g/mol. The Hall–Kier alpha value is -2.89. The molecule has 0 saturated carbocycles. The van der Waals surface area contributed by atoms with E-state index in [9.17, 15) is 14.9 Å². The molecule has 0 heterocycles. The second-order valence-corrected chi connectivity index (χ2v) is 3.81. The van der Waals surface area contributed by atoms with Crippen LogP contribution in [0.1, 0.15) is 10.4 Å². The minimum atomic E-state index is -0.532. The topological polar surface area (TPSA) is 92.5 Å². The van der Waals surface area contributed by atoms with Crippen molar-refractivity contribution in [3.63, 3.8) is 0 Å². The van der Waals surface area contributed by atoms with Crippen molar-refractivity contribution in [3.05, 3.63) is 64.2 Å². The first-order valence-electron chi connectivity index (χ1n) is 5.41. The highest BCUT2D eigenvalue weighted by Gasteiger charge is 2.09. The van der Waals surface area contributed by atoms with E-state index in [2.05, 4.69) is 5.32 Å². The van der Waals surface area contributed by atoms with E-state index < -0.39 is 10.8 Å². The lowest BCUT2D eigenvalue weighted by Gasteiger charge is -2.05. The minimum Gasteiger partial charge on any atom is -0.508 e. The van der Waals surface area contributed by atoms with Gasteiger partial charge in [-0.3, -0.25) is 14.9 Å². The summed E-state index contributed by atoms with van der Waals surface area (Å²) >= 11 is 0. The molecule has 0 radical (unpaired) electrons. The maximum absolute atomic E-state index is 11.8. The number of aromatic hydroxyl groups is 1. The molecule has 2 aromatic rings. The molecule has 0 unspecified atom stereocenters. The van der Waals surface area contributed by atoms with Crippen molar-refractivity contribution in [2.45, 2.75) is 0 Å². The van der Waals surface area contributed by atoms with E-state index in [0.717, 1.165) is 0 Å². The summed E-state index contributed by atoms with van der Waals surface area (Å²) in [6.45, 7) is 0. The van der Waals surface area contributed by atoms with E-state index >= 15 is 0 Å². The number of carbonyl (C=O) groups is 1. The quantitative estimate of drug-likeness (QED) is 0.653. The highest BCUT2D eigenvalue weighted by Crippen LogP contribution is 2.18. The zero-order chi connectivity index (χ0) is 13.8. The first-order valence-corrected chi connectivity index (χ1v) is 5.41. The molecule has 1 amide bonds. The summed E-state index contributed by atoms with van der Waals surface area (Å²) < 4.78 is 0. The molecule has 6 heteroatoms. The number of anilines is 1. The van der Waals surface area contributed by atoms with Crippen molar-refractivity contribution >= 4 is 17.3 Å². The molecule has 0 aliphatic rings. The number of rotatable bonds is 3. The van der Waals surface area contributed by atoms with Crippen molar-refractivity contribution in [3.8, 4) is 5.75 Å². The van der Waals surface area contributed by atoms with Gasteiger partial charge in [-0.15, -0.1) is 0 Å². The molecule has 2 N–H and O–H groups in total. The molecule has 96 valence electrons. The molecule has 0 aromatic heterocycles. The van der Waals surface area contributed by atoms with Gasteiger partial charge in [0.05, 0.1) is 4.92 Å². The van der Waals surface area contributed by atoms with Crippen molar-refractivity contribution in [2.24, 2.45) is 0 Å². The number of nitrogens with zero attached hydrogens (tertiary/aromatic N) is 1.